The molecule has 2 saturated heterocycles. The van der Waals surface area contributed by atoms with Gasteiger partial charge in [0, 0.05) is 18.6 Å². The second-order valence-electron chi connectivity index (χ2n) is 3.87. The molecule has 0 amide bonds. The van der Waals surface area contributed by atoms with Crippen LogP contribution in [0.3, 0.4) is 0 Å². The monoisotopic (exact) mass is 173 g/mol. The van der Waals surface area contributed by atoms with Gasteiger partial charge in [0.25, 0.3) is 0 Å². The van der Waals surface area contributed by atoms with Crippen LogP contribution in [0, 0.1) is 0 Å². The van der Waals surface area contributed by atoms with Crippen LogP contribution in [0.2, 0.25) is 0 Å². The van der Waals surface area contributed by atoms with Crippen molar-refractivity contribution in [2.24, 2.45) is 0 Å². The van der Waals surface area contributed by atoms with Gasteiger partial charge < -0.3 is 15.3 Å². The third kappa shape index (κ3) is 0.992. The van der Waals surface area contributed by atoms with Crippen LogP contribution in [0.25, 0.3) is 0 Å². The Morgan fingerprint density at radius 2 is 1.83 bits per heavy atom. The van der Waals surface area contributed by atoms with E-state index >= 15 is 0 Å². The Morgan fingerprint density at radius 1 is 1.17 bits per heavy atom. The first-order chi connectivity index (χ1) is 5.61. The largest absolute Gasteiger partial charge is 0.391 e. The highest BCUT2D eigenvalue weighted by atomic mass is 16.3. The molecule has 2 aliphatic rings. The Hall–Kier alpha value is -0.160. The van der Waals surface area contributed by atoms with Gasteiger partial charge in [-0.15, -0.1) is 0 Å². The van der Waals surface area contributed by atoms with Gasteiger partial charge in [0.15, 0.2) is 0 Å². The predicted molar refractivity (Wildman–Crippen MR) is 42.6 cm³/mol. The molecular weight excluding hydrogens is 158 g/mol. The van der Waals surface area contributed by atoms with E-state index in [1.165, 1.54) is 0 Å². The van der Waals surface area contributed by atoms with Crippen LogP contribution in [-0.2, 0) is 0 Å². The molecule has 4 nitrogen and oxygen atoms in total. The molecule has 4 heteroatoms. The Morgan fingerprint density at radius 3 is 2.42 bits per heavy atom. The van der Waals surface area contributed by atoms with Crippen molar-refractivity contribution in [2.45, 2.75) is 43.7 Å². The summed E-state index contributed by atoms with van der Waals surface area (Å²) in [7, 11) is 0. The number of hydrogen-bond donors (Lipinski definition) is 3. The Labute approximate surface area is 71.4 Å². The van der Waals surface area contributed by atoms with E-state index in [0.29, 0.717) is 13.0 Å². The summed E-state index contributed by atoms with van der Waals surface area (Å²) in [6.45, 7) is 2.42. The third-order valence-corrected chi connectivity index (χ3v) is 3.18. The van der Waals surface area contributed by atoms with Crippen molar-refractivity contribution >= 4 is 0 Å². The molecule has 2 fully saturated rings. The normalized spacial score (nSPS) is 54.5. The van der Waals surface area contributed by atoms with Crippen molar-refractivity contribution in [3.63, 3.8) is 0 Å². The molecule has 70 valence electrons. The summed E-state index contributed by atoms with van der Waals surface area (Å²) in [5.74, 6) is 0. The highest BCUT2D eigenvalue weighted by Crippen LogP contribution is 2.32. The van der Waals surface area contributed by atoms with E-state index in [1.807, 2.05) is 11.8 Å². The Balaban J connectivity index is 2.14. The minimum absolute atomic E-state index is 0.0370. The first kappa shape index (κ1) is 8.44. The molecule has 0 aromatic carbocycles. The summed E-state index contributed by atoms with van der Waals surface area (Å²) in [5.41, 5.74) is 0. The number of aliphatic hydroxyl groups excluding tert-OH is 3. The molecule has 0 spiro atoms. The summed E-state index contributed by atoms with van der Waals surface area (Å²) in [6.07, 6.45) is -1.08. The van der Waals surface area contributed by atoms with Gasteiger partial charge >= 0.3 is 0 Å². The lowest BCUT2D eigenvalue weighted by Gasteiger charge is -2.20. The van der Waals surface area contributed by atoms with Crippen LogP contribution < -0.4 is 0 Å². The van der Waals surface area contributed by atoms with Crippen LogP contribution in [0.4, 0.5) is 0 Å². The quantitative estimate of drug-likeness (QED) is 0.419. The maximum absolute atomic E-state index is 9.50. The molecule has 2 rings (SSSR count). The molecule has 3 N–H and O–H groups in total. The van der Waals surface area contributed by atoms with Gasteiger partial charge in [-0.25, -0.2) is 0 Å². The van der Waals surface area contributed by atoms with Crippen molar-refractivity contribution < 1.29 is 15.3 Å². The lowest BCUT2D eigenvalue weighted by atomic mass is 10.1. The van der Waals surface area contributed by atoms with Crippen LogP contribution >= 0.6 is 0 Å². The molecule has 2 heterocycles. The van der Waals surface area contributed by atoms with Gasteiger partial charge in [0.2, 0.25) is 0 Å². The highest BCUT2D eigenvalue weighted by molar-refractivity contribution is 5.03. The van der Waals surface area contributed by atoms with Crippen molar-refractivity contribution in [3.8, 4) is 0 Å². The summed E-state index contributed by atoms with van der Waals surface area (Å²) in [6, 6.07) is 0.0341. The van der Waals surface area contributed by atoms with Crippen molar-refractivity contribution in [2.75, 3.05) is 6.54 Å². The minimum Gasteiger partial charge on any atom is -0.391 e. The molecule has 0 aromatic heterocycles. The fourth-order valence-electron chi connectivity index (χ4n) is 2.32. The fourth-order valence-corrected chi connectivity index (χ4v) is 2.32. The Bertz CT molecular complexity index is 167. The average Bonchev–Trinajstić information content (AvgIpc) is 2.43. The molecule has 0 saturated carbocycles. The molecule has 5 atom stereocenters. The van der Waals surface area contributed by atoms with E-state index in [4.69, 9.17) is 0 Å². The van der Waals surface area contributed by atoms with Gasteiger partial charge in [-0.05, 0) is 13.3 Å². The topological polar surface area (TPSA) is 63.9 Å². The summed E-state index contributed by atoms with van der Waals surface area (Å²) >= 11 is 0. The van der Waals surface area contributed by atoms with Crippen LogP contribution in [0.1, 0.15) is 13.3 Å². The number of fused-ring (bicyclic) bond motifs is 1. The SMILES string of the molecule is CC1C(O)CC2C(O)C(O)CN12. The number of rotatable bonds is 0. The molecule has 0 bridgehead atoms. The summed E-state index contributed by atoms with van der Waals surface area (Å²) in [5, 5.41) is 28.3. The molecule has 0 aliphatic carbocycles. The summed E-state index contributed by atoms with van der Waals surface area (Å²) < 4.78 is 0. The van der Waals surface area contributed by atoms with Gasteiger partial charge in [-0.3, -0.25) is 4.90 Å². The smallest absolute Gasteiger partial charge is 0.0967 e. The number of hydrogen-bond acceptors (Lipinski definition) is 4. The highest BCUT2D eigenvalue weighted by Gasteiger charge is 2.48. The second-order valence-corrected chi connectivity index (χ2v) is 3.87. The fraction of sp³-hybridized carbons (Fsp3) is 1.00. The molecule has 12 heavy (non-hydrogen) atoms. The maximum atomic E-state index is 9.50. The van der Waals surface area contributed by atoms with Gasteiger partial charge in [-0.1, -0.05) is 0 Å². The van der Waals surface area contributed by atoms with E-state index in [2.05, 4.69) is 0 Å². The average molecular weight is 173 g/mol. The lowest BCUT2D eigenvalue weighted by molar-refractivity contribution is 0.0335. The van der Waals surface area contributed by atoms with Gasteiger partial charge in [-0.2, -0.15) is 0 Å². The zero-order valence-corrected chi connectivity index (χ0v) is 7.09. The van der Waals surface area contributed by atoms with E-state index < -0.39 is 12.2 Å². The van der Waals surface area contributed by atoms with Crippen molar-refractivity contribution in [3.05, 3.63) is 0 Å². The molecule has 5 unspecified atom stereocenters. The van der Waals surface area contributed by atoms with Crippen molar-refractivity contribution in [1.82, 2.24) is 4.90 Å². The second kappa shape index (κ2) is 2.67. The standard InChI is InChI=1S/C8H15NO3/c1-4-6(10)2-5-8(12)7(11)3-9(4)5/h4-8,10-12H,2-3H2,1H3. The summed E-state index contributed by atoms with van der Waals surface area (Å²) in [4.78, 5) is 1.99. The van der Waals surface area contributed by atoms with Crippen molar-refractivity contribution in [1.29, 1.82) is 0 Å². The number of nitrogens with zero attached hydrogens (tertiary/aromatic N) is 1. The van der Waals surface area contributed by atoms with E-state index in [-0.39, 0.29) is 18.2 Å². The predicted octanol–water partition coefficient (Wildman–Crippen LogP) is -1.45. The number of aliphatic hydroxyl groups is 3. The minimum atomic E-state index is -0.676. The van der Waals surface area contributed by atoms with E-state index in [0.717, 1.165) is 0 Å². The molecule has 0 radical (unpaired) electrons. The van der Waals surface area contributed by atoms with Crippen LogP contribution in [-0.4, -0.2) is 57.2 Å². The maximum Gasteiger partial charge on any atom is 0.0967 e. The zero-order chi connectivity index (χ0) is 8.88. The van der Waals surface area contributed by atoms with Gasteiger partial charge in [0.1, 0.15) is 0 Å². The third-order valence-electron chi connectivity index (χ3n) is 3.18. The van der Waals surface area contributed by atoms with E-state index in [1.54, 1.807) is 0 Å². The molecular formula is C8H15NO3. The molecule has 2 aliphatic heterocycles. The van der Waals surface area contributed by atoms with Gasteiger partial charge in [0.05, 0.1) is 18.3 Å². The van der Waals surface area contributed by atoms with Crippen LogP contribution in [0.5, 0.6) is 0 Å². The first-order valence-corrected chi connectivity index (χ1v) is 4.41. The van der Waals surface area contributed by atoms with E-state index in [9.17, 15) is 15.3 Å². The zero-order valence-electron chi connectivity index (χ0n) is 7.09. The lowest BCUT2D eigenvalue weighted by Crippen LogP contribution is -2.34. The van der Waals surface area contributed by atoms with Crippen LogP contribution in [0.15, 0.2) is 0 Å². The molecule has 0 aromatic rings. The first-order valence-electron chi connectivity index (χ1n) is 4.41. The Kier molecular flexibility index (Phi) is 1.88.